The first-order valence-corrected chi connectivity index (χ1v) is 6.98. The van der Waals surface area contributed by atoms with Crippen molar-refractivity contribution < 1.29 is 18.9 Å². The summed E-state index contributed by atoms with van der Waals surface area (Å²) in [7, 11) is 6.42. The van der Waals surface area contributed by atoms with Gasteiger partial charge in [-0.1, -0.05) is 24.3 Å². The fourth-order valence-corrected chi connectivity index (χ4v) is 2.60. The van der Waals surface area contributed by atoms with Crippen molar-refractivity contribution in [3.63, 3.8) is 0 Å². The highest BCUT2D eigenvalue weighted by Crippen LogP contribution is 2.49. The van der Waals surface area contributed by atoms with E-state index >= 15 is 0 Å². The minimum atomic E-state index is 0.540. The Morgan fingerprint density at radius 1 is 0.818 bits per heavy atom. The summed E-state index contributed by atoms with van der Waals surface area (Å²) in [6.45, 7) is 1.99. The Bertz CT molecular complexity index is 636. The molecule has 0 atom stereocenters. The van der Waals surface area contributed by atoms with Crippen LogP contribution in [0.25, 0.3) is 0 Å². The van der Waals surface area contributed by atoms with Crippen LogP contribution in [0.1, 0.15) is 16.7 Å². The van der Waals surface area contributed by atoms with E-state index in [-0.39, 0.29) is 0 Å². The molecule has 0 aliphatic carbocycles. The van der Waals surface area contributed by atoms with Crippen molar-refractivity contribution in [1.82, 2.24) is 0 Å². The van der Waals surface area contributed by atoms with Gasteiger partial charge in [-0.2, -0.15) is 0 Å². The van der Waals surface area contributed by atoms with Crippen molar-refractivity contribution in [3.05, 3.63) is 47.0 Å². The minimum Gasteiger partial charge on any atom is -0.492 e. The zero-order valence-electron chi connectivity index (χ0n) is 13.6. The van der Waals surface area contributed by atoms with Crippen LogP contribution in [0.2, 0.25) is 0 Å². The second-order valence-corrected chi connectivity index (χ2v) is 4.80. The van der Waals surface area contributed by atoms with E-state index in [9.17, 15) is 0 Å². The van der Waals surface area contributed by atoms with Crippen molar-refractivity contribution in [2.45, 2.75) is 13.3 Å². The van der Waals surface area contributed by atoms with E-state index in [1.807, 2.05) is 31.2 Å². The summed E-state index contributed by atoms with van der Waals surface area (Å²) < 4.78 is 22.0. The Kier molecular flexibility index (Phi) is 5.15. The van der Waals surface area contributed by atoms with Crippen LogP contribution in [0.3, 0.4) is 0 Å². The molecule has 2 aromatic carbocycles. The average Bonchev–Trinajstić information content (AvgIpc) is 2.56. The summed E-state index contributed by atoms with van der Waals surface area (Å²) in [5.74, 6) is 2.40. The molecule has 0 spiro atoms. The Labute approximate surface area is 131 Å². The number of methoxy groups -OCH3 is 4. The van der Waals surface area contributed by atoms with Crippen LogP contribution in [0, 0.1) is 13.0 Å². The molecule has 0 amide bonds. The second-order valence-electron chi connectivity index (χ2n) is 4.80. The van der Waals surface area contributed by atoms with Crippen LogP contribution in [-0.4, -0.2) is 28.4 Å². The maximum absolute atomic E-state index is 5.59. The third-order valence-corrected chi connectivity index (χ3v) is 3.64. The molecule has 2 aromatic rings. The summed E-state index contributed by atoms with van der Waals surface area (Å²) in [6.07, 6.45) is 0.673. The third kappa shape index (κ3) is 2.82. The minimum absolute atomic E-state index is 0.540. The van der Waals surface area contributed by atoms with Crippen LogP contribution < -0.4 is 18.9 Å². The Hall–Kier alpha value is -2.36. The van der Waals surface area contributed by atoms with Gasteiger partial charge in [0.15, 0.2) is 11.5 Å². The van der Waals surface area contributed by atoms with Gasteiger partial charge < -0.3 is 18.9 Å². The molecule has 4 heteroatoms. The molecule has 4 nitrogen and oxygen atoms in total. The van der Waals surface area contributed by atoms with Gasteiger partial charge in [-0.15, -0.1) is 0 Å². The van der Waals surface area contributed by atoms with Crippen LogP contribution in [0.5, 0.6) is 23.0 Å². The van der Waals surface area contributed by atoms with Gasteiger partial charge in [0.05, 0.1) is 28.4 Å². The molecule has 0 aromatic heterocycles. The van der Waals surface area contributed by atoms with E-state index in [0.29, 0.717) is 29.4 Å². The maximum Gasteiger partial charge on any atom is 0.207 e. The topological polar surface area (TPSA) is 36.9 Å². The molecule has 0 fully saturated rings. The molecular weight excluding hydrogens is 280 g/mol. The van der Waals surface area contributed by atoms with Crippen LogP contribution in [0.4, 0.5) is 0 Å². The summed E-state index contributed by atoms with van der Waals surface area (Å²) in [4.78, 5) is 0. The first-order chi connectivity index (χ1) is 10.7. The van der Waals surface area contributed by atoms with Gasteiger partial charge >= 0.3 is 0 Å². The van der Waals surface area contributed by atoms with Crippen molar-refractivity contribution in [1.29, 1.82) is 0 Å². The van der Waals surface area contributed by atoms with Gasteiger partial charge in [-0.25, -0.2) is 0 Å². The highest BCUT2D eigenvalue weighted by Gasteiger charge is 2.25. The van der Waals surface area contributed by atoms with Gasteiger partial charge in [0.25, 0.3) is 0 Å². The van der Waals surface area contributed by atoms with Gasteiger partial charge in [-0.3, -0.25) is 0 Å². The molecule has 2 rings (SSSR count). The molecule has 117 valence electrons. The van der Waals surface area contributed by atoms with E-state index in [4.69, 9.17) is 18.9 Å². The van der Waals surface area contributed by atoms with Gasteiger partial charge in [0.2, 0.25) is 11.5 Å². The van der Waals surface area contributed by atoms with Gasteiger partial charge in [-0.05, 0) is 18.6 Å². The maximum atomic E-state index is 5.59. The Morgan fingerprint density at radius 3 is 1.91 bits per heavy atom. The highest BCUT2D eigenvalue weighted by atomic mass is 16.5. The molecule has 0 saturated heterocycles. The first-order valence-electron chi connectivity index (χ1n) is 6.98. The monoisotopic (exact) mass is 301 g/mol. The standard InChI is InChI=1S/C18H21O4/c1-12-14(11-13-9-7-6-8-10-13)16(20-3)18(22-5)17(21-4)15(12)19-2/h6-9H,11H2,1-5H3. The fraction of sp³-hybridized carbons (Fsp3) is 0.333. The average molecular weight is 301 g/mol. The van der Waals surface area contributed by atoms with E-state index in [2.05, 4.69) is 6.07 Å². The molecule has 0 heterocycles. The smallest absolute Gasteiger partial charge is 0.207 e. The summed E-state index contributed by atoms with van der Waals surface area (Å²) >= 11 is 0. The van der Waals surface area contributed by atoms with Crippen molar-refractivity contribution in [2.24, 2.45) is 0 Å². The second kappa shape index (κ2) is 7.07. The highest BCUT2D eigenvalue weighted by molar-refractivity contribution is 5.67. The SMILES string of the molecule is COc1c(C)c(Cc2[c]cccc2)c(OC)c(OC)c1OC. The molecule has 0 aliphatic heterocycles. The first kappa shape index (κ1) is 16.0. The molecule has 1 radical (unpaired) electrons. The number of hydrogen-bond acceptors (Lipinski definition) is 4. The van der Waals surface area contributed by atoms with E-state index in [1.165, 1.54) is 0 Å². The number of benzene rings is 2. The number of ether oxygens (including phenoxy) is 4. The molecule has 0 N–H and O–H groups in total. The lowest BCUT2D eigenvalue weighted by Gasteiger charge is -2.21. The molecule has 22 heavy (non-hydrogen) atoms. The lowest BCUT2D eigenvalue weighted by atomic mass is 9.97. The molecule has 0 aliphatic rings. The summed E-state index contributed by atoms with van der Waals surface area (Å²) in [6, 6.07) is 11.1. The van der Waals surface area contributed by atoms with Crippen LogP contribution >= 0.6 is 0 Å². The van der Waals surface area contributed by atoms with Gasteiger partial charge in [0.1, 0.15) is 0 Å². The Morgan fingerprint density at radius 2 is 1.41 bits per heavy atom. The van der Waals surface area contributed by atoms with E-state index < -0.39 is 0 Å². The zero-order valence-corrected chi connectivity index (χ0v) is 13.6. The van der Waals surface area contributed by atoms with Crippen molar-refractivity contribution in [2.75, 3.05) is 28.4 Å². The van der Waals surface area contributed by atoms with Crippen molar-refractivity contribution >= 4 is 0 Å². The lowest BCUT2D eigenvalue weighted by Crippen LogP contribution is -2.05. The third-order valence-electron chi connectivity index (χ3n) is 3.64. The molecule has 0 saturated carbocycles. The summed E-state index contributed by atoms with van der Waals surface area (Å²) in [5.41, 5.74) is 3.03. The normalized spacial score (nSPS) is 10.2. The fourth-order valence-electron chi connectivity index (χ4n) is 2.60. The van der Waals surface area contributed by atoms with E-state index in [1.54, 1.807) is 28.4 Å². The largest absolute Gasteiger partial charge is 0.492 e. The zero-order chi connectivity index (χ0) is 16.1. The molecular formula is C18H21O4. The molecule has 0 unspecified atom stereocenters. The predicted octanol–water partition coefficient (Wildman–Crippen LogP) is 3.42. The lowest BCUT2D eigenvalue weighted by molar-refractivity contribution is 0.302. The predicted molar refractivity (Wildman–Crippen MR) is 85.5 cm³/mol. The quantitative estimate of drug-likeness (QED) is 0.819. The number of hydrogen-bond donors (Lipinski definition) is 0. The van der Waals surface area contributed by atoms with E-state index in [0.717, 1.165) is 16.7 Å². The molecule has 0 bridgehead atoms. The van der Waals surface area contributed by atoms with Crippen molar-refractivity contribution in [3.8, 4) is 23.0 Å². The Balaban J connectivity index is 2.66. The van der Waals surface area contributed by atoms with Crippen LogP contribution in [-0.2, 0) is 6.42 Å². The van der Waals surface area contributed by atoms with Gasteiger partial charge in [0, 0.05) is 17.5 Å². The number of rotatable bonds is 6. The summed E-state index contributed by atoms with van der Waals surface area (Å²) in [5, 5.41) is 0. The van der Waals surface area contributed by atoms with Crippen LogP contribution in [0.15, 0.2) is 24.3 Å².